The Morgan fingerprint density at radius 3 is 2.26 bits per heavy atom. The highest BCUT2D eigenvalue weighted by Gasteiger charge is 2.32. The molecule has 214 valence electrons. The van der Waals surface area contributed by atoms with Gasteiger partial charge in [-0.15, -0.1) is 0 Å². The summed E-state index contributed by atoms with van der Waals surface area (Å²) in [6, 6.07) is 3.02. The van der Waals surface area contributed by atoms with Gasteiger partial charge in [-0.1, -0.05) is 32.0 Å². The Labute approximate surface area is 231 Å². The molecule has 0 spiro atoms. The first-order valence-electron chi connectivity index (χ1n) is 12.7. The minimum Gasteiger partial charge on any atom is -0.480 e. The zero-order valence-electron chi connectivity index (χ0n) is 22.4. The Kier molecular flexibility index (Phi) is 12.3. The molecule has 9 N–H and O–H groups in total. The molecule has 4 amide bonds. The maximum Gasteiger partial charge on any atom is 0.326 e. The predicted molar refractivity (Wildman–Crippen MR) is 150 cm³/mol. The van der Waals surface area contributed by atoms with Crippen LogP contribution >= 0.6 is 11.8 Å². The first-order chi connectivity index (χ1) is 18.4. The lowest BCUT2D eigenvalue weighted by Crippen LogP contribution is -2.58. The van der Waals surface area contributed by atoms with E-state index >= 15 is 0 Å². The molecular weight excluding hydrogens is 524 g/mol. The van der Waals surface area contributed by atoms with Crippen LogP contribution in [0.25, 0.3) is 10.9 Å². The number of aromatic amines is 1. The zero-order valence-corrected chi connectivity index (χ0v) is 23.2. The van der Waals surface area contributed by atoms with Gasteiger partial charge in [-0.05, 0) is 42.4 Å². The number of benzene rings is 1. The molecule has 13 heteroatoms. The lowest BCUT2D eigenvalue weighted by molar-refractivity contribution is -0.142. The molecule has 0 saturated carbocycles. The molecule has 0 radical (unpaired) electrons. The van der Waals surface area contributed by atoms with E-state index in [-0.39, 0.29) is 19.3 Å². The van der Waals surface area contributed by atoms with Crippen LogP contribution in [0.4, 0.5) is 0 Å². The largest absolute Gasteiger partial charge is 0.480 e. The quantitative estimate of drug-likeness (QED) is 0.150. The second-order valence-electron chi connectivity index (χ2n) is 9.65. The van der Waals surface area contributed by atoms with Gasteiger partial charge in [0.1, 0.15) is 18.1 Å². The fraction of sp³-hybridized carbons (Fsp3) is 0.500. The fourth-order valence-electron chi connectivity index (χ4n) is 3.98. The topological polar surface area (TPSA) is 209 Å². The first kappa shape index (κ1) is 31.6. The minimum absolute atomic E-state index is 0.0229. The van der Waals surface area contributed by atoms with E-state index in [0.717, 1.165) is 16.5 Å². The Morgan fingerprint density at radius 1 is 0.974 bits per heavy atom. The van der Waals surface area contributed by atoms with E-state index in [1.165, 1.54) is 11.8 Å². The molecular formula is C26H38N6O6S. The van der Waals surface area contributed by atoms with E-state index in [1.54, 1.807) is 20.0 Å². The number of amides is 4. The number of carboxylic acid groups (broad SMARTS) is 1. The number of rotatable bonds is 16. The monoisotopic (exact) mass is 562 g/mol. The molecule has 2 aromatic rings. The van der Waals surface area contributed by atoms with Gasteiger partial charge in [0.05, 0.1) is 6.04 Å². The molecule has 4 atom stereocenters. The average Bonchev–Trinajstić information content (AvgIpc) is 3.29. The predicted octanol–water partition coefficient (Wildman–Crippen LogP) is 0.251. The van der Waals surface area contributed by atoms with Crippen LogP contribution in [0.1, 0.15) is 38.7 Å². The van der Waals surface area contributed by atoms with Gasteiger partial charge in [0.15, 0.2) is 0 Å². The highest BCUT2D eigenvalue weighted by atomic mass is 32.2. The summed E-state index contributed by atoms with van der Waals surface area (Å²) in [4.78, 5) is 65.3. The molecule has 0 aliphatic carbocycles. The van der Waals surface area contributed by atoms with Gasteiger partial charge in [-0.3, -0.25) is 19.2 Å². The van der Waals surface area contributed by atoms with E-state index in [9.17, 15) is 29.1 Å². The third-order valence-corrected chi connectivity index (χ3v) is 6.89. The van der Waals surface area contributed by atoms with Gasteiger partial charge in [-0.25, -0.2) is 4.79 Å². The van der Waals surface area contributed by atoms with Crippen LogP contribution in [0.3, 0.4) is 0 Å². The van der Waals surface area contributed by atoms with Crippen LogP contribution in [-0.2, 0) is 30.4 Å². The van der Waals surface area contributed by atoms with Gasteiger partial charge in [0, 0.05) is 29.9 Å². The van der Waals surface area contributed by atoms with E-state index < -0.39 is 59.7 Å². The molecule has 0 saturated heterocycles. The van der Waals surface area contributed by atoms with Crippen molar-refractivity contribution in [1.29, 1.82) is 0 Å². The lowest BCUT2D eigenvalue weighted by atomic mass is 10.00. The Bertz CT molecular complexity index is 1170. The van der Waals surface area contributed by atoms with E-state index in [0.29, 0.717) is 12.2 Å². The zero-order chi connectivity index (χ0) is 29.1. The summed E-state index contributed by atoms with van der Waals surface area (Å²) in [6.07, 6.45) is 3.72. The number of aromatic nitrogens is 1. The van der Waals surface area contributed by atoms with Crippen molar-refractivity contribution >= 4 is 52.3 Å². The third kappa shape index (κ3) is 9.59. The van der Waals surface area contributed by atoms with Crippen LogP contribution in [0.5, 0.6) is 0 Å². The number of carbonyl (C=O) groups excluding carboxylic acids is 4. The van der Waals surface area contributed by atoms with Crippen molar-refractivity contribution in [3.63, 3.8) is 0 Å². The molecule has 1 aromatic heterocycles. The number of nitrogens with one attached hydrogen (secondary N) is 4. The summed E-state index contributed by atoms with van der Waals surface area (Å²) in [5.74, 6) is -3.63. The van der Waals surface area contributed by atoms with Crippen molar-refractivity contribution in [2.24, 2.45) is 17.4 Å². The van der Waals surface area contributed by atoms with Crippen molar-refractivity contribution in [3.05, 3.63) is 36.0 Å². The molecule has 1 aromatic carbocycles. The molecule has 4 unspecified atom stereocenters. The number of thioether (sulfide) groups is 1. The average molecular weight is 563 g/mol. The van der Waals surface area contributed by atoms with E-state index in [4.69, 9.17) is 11.5 Å². The van der Waals surface area contributed by atoms with E-state index in [1.807, 2.05) is 30.5 Å². The van der Waals surface area contributed by atoms with Crippen LogP contribution in [0.2, 0.25) is 0 Å². The second kappa shape index (κ2) is 15.1. The number of fused-ring (bicyclic) bond motifs is 1. The SMILES string of the molecule is CSCCC(N)C(=O)NC(CCC(N)=O)C(=O)NC(C(=O)NC(Cc1c[nH]c2ccccc12)C(=O)O)C(C)C. The van der Waals surface area contributed by atoms with Gasteiger partial charge in [-0.2, -0.15) is 11.8 Å². The highest BCUT2D eigenvalue weighted by molar-refractivity contribution is 7.98. The fourth-order valence-corrected chi connectivity index (χ4v) is 4.47. The molecule has 0 bridgehead atoms. The summed E-state index contributed by atoms with van der Waals surface area (Å²) in [5, 5.41) is 18.3. The smallest absolute Gasteiger partial charge is 0.326 e. The molecule has 0 fully saturated rings. The molecule has 39 heavy (non-hydrogen) atoms. The summed E-state index contributed by atoms with van der Waals surface area (Å²) < 4.78 is 0. The van der Waals surface area contributed by atoms with Crippen molar-refractivity contribution < 1.29 is 29.1 Å². The van der Waals surface area contributed by atoms with Crippen LogP contribution < -0.4 is 27.4 Å². The van der Waals surface area contributed by atoms with Crippen molar-refractivity contribution in [3.8, 4) is 0 Å². The van der Waals surface area contributed by atoms with Crippen LogP contribution in [0.15, 0.2) is 30.5 Å². The van der Waals surface area contributed by atoms with Gasteiger partial charge < -0.3 is 37.5 Å². The number of hydrogen-bond donors (Lipinski definition) is 7. The third-order valence-electron chi connectivity index (χ3n) is 6.24. The number of carbonyl (C=O) groups is 5. The standard InChI is InChI=1S/C26H38N6O6S/c1-14(2)22(32-24(35)19(8-9-21(28)33)30-23(34)17(27)10-11-39-3)25(36)31-20(26(37)38)12-15-13-29-18-7-5-4-6-16(15)18/h4-7,13-14,17,19-20,22,29H,8-12,27H2,1-3H3,(H2,28,33)(H,30,34)(H,31,36)(H,32,35)(H,37,38). The molecule has 0 aliphatic heterocycles. The van der Waals surface area contributed by atoms with E-state index in [2.05, 4.69) is 20.9 Å². The Morgan fingerprint density at radius 2 is 1.64 bits per heavy atom. The van der Waals surface area contributed by atoms with Gasteiger partial charge >= 0.3 is 5.97 Å². The van der Waals surface area contributed by atoms with Crippen molar-refractivity contribution in [1.82, 2.24) is 20.9 Å². The maximum atomic E-state index is 13.2. The number of para-hydroxylation sites is 1. The number of H-pyrrole nitrogens is 1. The summed E-state index contributed by atoms with van der Waals surface area (Å²) in [6.45, 7) is 3.38. The summed E-state index contributed by atoms with van der Waals surface area (Å²) in [5.41, 5.74) is 12.7. The summed E-state index contributed by atoms with van der Waals surface area (Å²) in [7, 11) is 0. The first-order valence-corrected chi connectivity index (χ1v) is 14.1. The Hall–Kier alpha value is -3.58. The molecule has 12 nitrogen and oxygen atoms in total. The minimum atomic E-state index is -1.25. The number of primary amides is 1. The maximum absolute atomic E-state index is 13.2. The number of aliphatic carboxylic acids is 1. The summed E-state index contributed by atoms with van der Waals surface area (Å²) >= 11 is 1.52. The number of hydrogen-bond acceptors (Lipinski definition) is 7. The number of carboxylic acids is 1. The molecule has 1 heterocycles. The van der Waals surface area contributed by atoms with Gasteiger partial charge in [0.25, 0.3) is 0 Å². The normalized spacial score (nSPS) is 14.3. The Balaban J connectivity index is 2.15. The van der Waals surface area contributed by atoms with Crippen molar-refractivity contribution in [2.75, 3.05) is 12.0 Å². The lowest BCUT2D eigenvalue weighted by Gasteiger charge is -2.27. The van der Waals surface area contributed by atoms with Crippen LogP contribution in [0, 0.1) is 5.92 Å². The second-order valence-corrected chi connectivity index (χ2v) is 10.6. The van der Waals surface area contributed by atoms with Crippen LogP contribution in [-0.4, -0.2) is 75.9 Å². The molecule has 2 rings (SSSR count). The highest BCUT2D eigenvalue weighted by Crippen LogP contribution is 2.19. The van der Waals surface area contributed by atoms with Gasteiger partial charge in [0.2, 0.25) is 23.6 Å². The number of nitrogens with two attached hydrogens (primary N) is 2. The van der Waals surface area contributed by atoms with Crippen molar-refractivity contribution in [2.45, 2.75) is 63.7 Å². The molecule has 0 aliphatic rings.